The molecule has 1 saturated carbocycles. The number of allylic oxidation sites excluding steroid dienone is 4. The molecule has 1 fully saturated rings. The summed E-state index contributed by atoms with van der Waals surface area (Å²) in [7, 11) is 0. The molecule has 11 heavy (non-hydrogen) atoms. The maximum absolute atomic E-state index is 9.60. The Labute approximate surface area is 65.7 Å². The van der Waals surface area contributed by atoms with Crippen LogP contribution in [0.3, 0.4) is 0 Å². The number of hydrogen-bond acceptors (Lipinski definition) is 1. The highest BCUT2D eigenvalue weighted by molar-refractivity contribution is 5.63. The summed E-state index contributed by atoms with van der Waals surface area (Å²) in [6.07, 6.45) is 7.35. The highest BCUT2D eigenvalue weighted by Crippen LogP contribution is 2.47. The highest BCUT2D eigenvalue weighted by Gasteiger charge is 2.34. The first-order chi connectivity index (χ1) is 5.36. The normalized spacial score (nSPS) is 32.6. The molecule has 0 aliphatic heterocycles. The average molecular weight is 146 g/mol. The van der Waals surface area contributed by atoms with Crippen molar-refractivity contribution >= 4 is 0 Å². The van der Waals surface area contributed by atoms with Gasteiger partial charge in [-0.05, 0) is 41.6 Å². The van der Waals surface area contributed by atoms with E-state index in [2.05, 4.69) is 12.2 Å². The van der Waals surface area contributed by atoms with Crippen molar-refractivity contribution in [3.63, 3.8) is 0 Å². The Balaban J connectivity index is 2.26. The molecule has 0 radical (unpaired) electrons. The zero-order chi connectivity index (χ0) is 7.42. The molecule has 0 spiro atoms. The lowest BCUT2D eigenvalue weighted by molar-refractivity contribution is 0.217. The van der Waals surface area contributed by atoms with Gasteiger partial charge in [0.1, 0.15) is 0 Å². The molecule has 0 aromatic heterocycles. The van der Waals surface area contributed by atoms with E-state index in [1.807, 2.05) is 0 Å². The molecular formula is C10H10O. The van der Waals surface area contributed by atoms with E-state index in [9.17, 15) is 5.11 Å². The van der Waals surface area contributed by atoms with Crippen LogP contribution in [0.4, 0.5) is 0 Å². The minimum atomic E-state index is -0.151. The lowest BCUT2D eigenvalue weighted by Crippen LogP contribution is -2.02. The Hall–Kier alpha value is -0.820. The zero-order valence-electron chi connectivity index (χ0n) is 6.30. The first-order valence-electron chi connectivity index (χ1n) is 4.18. The molecule has 0 aromatic carbocycles. The summed E-state index contributed by atoms with van der Waals surface area (Å²) in [6.45, 7) is 0. The Kier molecular flexibility index (Phi) is 0.878. The van der Waals surface area contributed by atoms with E-state index in [1.54, 1.807) is 0 Å². The molecule has 3 rings (SSSR count). The predicted molar refractivity (Wildman–Crippen MR) is 43.0 cm³/mol. The van der Waals surface area contributed by atoms with Gasteiger partial charge in [0.15, 0.2) is 0 Å². The lowest BCUT2D eigenvalue weighted by Gasteiger charge is -2.05. The van der Waals surface area contributed by atoms with Crippen LogP contribution in [0.2, 0.25) is 0 Å². The predicted octanol–water partition coefficient (Wildman–Crippen LogP) is 1.71. The van der Waals surface area contributed by atoms with Crippen molar-refractivity contribution < 1.29 is 5.11 Å². The maximum Gasteiger partial charge on any atom is 0.0798 e. The molecule has 1 nitrogen and oxygen atoms in total. The quantitative estimate of drug-likeness (QED) is 0.551. The molecule has 1 atom stereocenters. The molecule has 2 bridgehead atoms. The molecule has 0 heterocycles. The van der Waals surface area contributed by atoms with Crippen LogP contribution in [0.15, 0.2) is 34.4 Å². The third-order valence-corrected chi connectivity index (χ3v) is 2.93. The van der Waals surface area contributed by atoms with E-state index >= 15 is 0 Å². The van der Waals surface area contributed by atoms with Crippen molar-refractivity contribution in [1.29, 1.82) is 0 Å². The second-order valence-electron chi connectivity index (χ2n) is 3.51. The maximum atomic E-state index is 9.60. The Morgan fingerprint density at radius 2 is 2.09 bits per heavy atom. The smallest absolute Gasteiger partial charge is 0.0798 e. The minimum Gasteiger partial charge on any atom is -0.388 e. The first-order valence-corrected chi connectivity index (χ1v) is 4.18. The van der Waals surface area contributed by atoms with Gasteiger partial charge in [0.25, 0.3) is 0 Å². The highest BCUT2D eigenvalue weighted by atomic mass is 16.3. The van der Waals surface area contributed by atoms with Gasteiger partial charge in [-0.25, -0.2) is 0 Å². The first kappa shape index (κ1) is 5.78. The van der Waals surface area contributed by atoms with Crippen LogP contribution >= 0.6 is 0 Å². The van der Waals surface area contributed by atoms with Gasteiger partial charge < -0.3 is 5.11 Å². The summed E-state index contributed by atoms with van der Waals surface area (Å²) in [4.78, 5) is 0. The van der Waals surface area contributed by atoms with Gasteiger partial charge in [-0.15, -0.1) is 0 Å². The summed E-state index contributed by atoms with van der Waals surface area (Å²) in [5, 5.41) is 9.60. The van der Waals surface area contributed by atoms with Crippen LogP contribution in [-0.2, 0) is 0 Å². The van der Waals surface area contributed by atoms with Crippen LogP contribution in [0.1, 0.15) is 19.3 Å². The van der Waals surface area contributed by atoms with E-state index < -0.39 is 0 Å². The van der Waals surface area contributed by atoms with Gasteiger partial charge in [-0.2, -0.15) is 0 Å². The van der Waals surface area contributed by atoms with Crippen molar-refractivity contribution in [3.8, 4) is 0 Å². The van der Waals surface area contributed by atoms with Crippen LogP contribution < -0.4 is 0 Å². The van der Waals surface area contributed by atoms with Crippen molar-refractivity contribution in [3.05, 3.63) is 34.4 Å². The van der Waals surface area contributed by atoms with Crippen molar-refractivity contribution in [2.24, 2.45) is 0 Å². The van der Waals surface area contributed by atoms with Crippen molar-refractivity contribution in [1.82, 2.24) is 0 Å². The van der Waals surface area contributed by atoms with Crippen LogP contribution in [0.5, 0.6) is 0 Å². The van der Waals surface area contributed by atoms with Crippen molar-refractivity contribution in [2.75, 3.05) is 0 Å². The fourth-order valence-corrected chi connectivity index (χ4v) is 2.42. The molecule has 1 heteroatoms. The summed E-state index contributed by atoms with van der Waals surface area (Å²) in [6, 6.07) is 0. The molecule has 0 amide bonds. The van der Waals surface area contributed by atoms with Gasteiger partial charge in [0.05, 0.1) is 6.10 Å². The molecule has 1 unspecified atom stereocenters. The van der Waals surface area contributed by atoms with Gasteiger partial charge in [0.2, 0.25) is 0 Å². The van der Waals surface area contributed by atoms with E-state index in [0.717, 1.165) is 19.3 Å². The van der Waals surface area contributed by atoms with Crippen LogP contribution in [0.25, 0.3) is 0 Å². The molecule has 3 aliphatic rings. The van der Waals surface area contributed by atoms with Crippen LogP contribution in [-0.4, -0.2) is 11.2 Å². The second kappa shape index (κ2) is 1.67. The topological polar surface area (TPSA) is 20.2 Å². The Bertz CT molecular complexity index is 318. The third-order valence-electron chi connectivity index (χ3n) is 2.93. The van der Waals surface area contributed by atoms with Gasteiger partial charge in [0, 0.05) is 0 Å². The van der Waals surface area contributed by atoms with Gasteiger partial charge in [-0.1, -0.05) is 12.2 Å². The third kappa shape index (κ3) is 0.556. The largest absolute Gasteiger partial charge is 0.388 e. The molecule has 0 aromatic rings. The van der Waals surface area contributed by atoms with E-state index in [-0.39, 0.29) is 6.10 Å². The molecular weight excluding hydrogens is 136 g/mol. The van der Waals surface area contributed by atoms with Gasteiger partial charge in [-0.3, -0.25) is 0 Å². The van der Waals surface area contributed by atoms with Crippen LogP contribution in [0, 0.1) is 0 Å². The number of fused-ring (bicyclic) bond motifs is 3. The van der Waals surface area contributed by atoms with Crippen molar-refractivity contribution in [2.45, 2.75) is 25.4 Å². The molecule has 0 saturated heterocycles. The summed E-state index contributed by atoms with van der Waals surface area (Å²) < 4.78 is 0. The second-order valence-corrected chi connectivity index (χ2v) is 3.51. The fraction of sp³-hybridized carbons (Fsp3) is 0.400. The zero-order valence-corrected chi connectivity index (χ0v) is 6.30. The summed E-state index contributed by atoms with van der Waals surface area (Å²) in [5.41, 5.74) is 5.56. The van der Waals surface area contributed by atoms with Gasteiger partial charge >= 0.3 is 0 Å². The SMILES string of the molecule is OC1CCC2=C3C=CC(=C21)C3. The lowest BCUT2D eigenvalue weighted by atomic mass is 10.0. The molecule has 56 valence electrons. The number of aliphatic hydroxyl groups is 1. The Morgan fingerprint density at radius 3 is 2.91 bits per heavy atom. The summed E-state index contributed by atoms with van der Waals surface area (Å²) >= 11 is 0. The summed E-state index contributed by atoms with van der Waals surface area (Å²) in [5.74, 6) is 0. The number of hydrogen-bond donors (Lipinski definition) is 1. The number of rotatable bonds is 0. The van der Waals surface area contributed by atoms with E-state index in [4.69, 9.17) is 0 Å². The number of aliphatic hydroxyl groups excluding tert-OH is 1. The standard InChI is InChI=1S/C10H10O/c11-9-4-3-8-6-1-2-7(5-6)10(8)9/h1-2,9,11H,3-5H2. The molecule has 3 aliphatic carbocycles. The Morgan fingerprint density at radius 1 is 1.27 bits per heavy atom. The fourth-order valence-electron chi connectivity index (χ4n) is 2.42. The van der Waals surface area contributed by atoms with E-state index in [1.165, 1.54) is 22.3 Å². The monoisotopic (exact) mass is 146 g/mol. The average Bonchev–Trinajstić information content (AvgIpc) is 2.60. The van der Waals surface area contributed by atoms with E-state index in [0.29, 0.717) is 0 Å². The minimum absolute atomic E-state index is 0.151. The molecule has 1 N–H and O–H groups in total.